The lowest BCUT2D eigenvalue weighted by Gasteiger charge is -2.27. The number of carbonyl (C=O) groups is 1. The number of rotatable bonds is 9. The third kappa shape index (κ3) is 7.13. The van der Waals surface area contributed by atoms with E-state index in [0.717, 1.165) is 35.3 Å². The number of non-ortho nitro benzene ring substituents is 2. The summed E-state index contributed by atoms with van der Waals surface area (Å²) >= 11 is 0. The van der Waals surface area contributed by atoms with Gasteiger partial charge < -0.3 is 19.0 Å². The van der Waals surface area contributed by atoms with Crippen LogP contribution in [-0.4, -0.2) is 42.8 Å². The van der Waals surface area contributed by atoms with Gasteiger partial charge in [0, 0.05) is 66.1 Å². The van der Waals surface area contributed by atoms with Crippen molar-refractivity contribution in [3.05, 3.63) is 152 Å². The molecule has 0 saturated carbocycles. The van der Waals surface area contributed by atoms with Crippen LogP contribution in [-0.2, 0) is 28.2 Å². The number of nitrogens with zero attached hydrogens (tertiary/aromatic N) is 4. The molecule has 0 radical (unpaired) electrons. The minimum Gasteiger partial charge on any atom is -0.463 e. The summed E-state index contributed by atoms with van der Waals surface area (Å²) in [5.41, 5.74) is -2.07. The third-order valence-corrected chi connectivity index (χ3v) is 7.81. The third-order valence-electron chi connectivity index (χ3n) is 7.81. The fourth-order valence-corrected chi connectivity index (χ4v) is 5.41. The Balaban J connectivity index is 0.000000211. The Morgan fingerprint density at radius 2 is 1.31 bits per heavy atom. The van der Waals surface area contributed by atoms with Gasteiger partial charge in [-0.3, -0.25) is 20.2 Å². The zero-order valence-electron chi connectivity index (χ0n) is 25.9. The molecule has 49 heavy (non-hydrogen) atoms. The first-order valence-electron chi connectivity index (χ1n) is 14.9. The summed E-state index contributed by atoms with van der Waals surface area (Å²) in [7, 11) is 0. The Hall–Kier alpha value is -6.02. The van der Waals surface area contributed by atoms with Gasteiger partial charge in [-0.15, -0.1) is 0 Å². The van der Waals surface area contributed by atoms with E-state index in [4.69, 9.17) is 0 Å². The Bertz CT molecular complexity index is 2130. The van der Waals surface area contributed by atoms with Crippen molar-refractivity contribution in [1.29, 1.82) is 0 Å². The van der Waals surface area contributed by atoms with Crippen molar-refractivity contribution in [3.63, 3.8) is 0 Å². The average molecular weight is 675 g/mol. The normalized spacial score (nSPS) is 12.6. The number of fused-ring (bicyclic) bond motifs is 2. The number of benzene rings is 4. The molecule has 6 rings (SSSR count). The van der Waals surface area contributed by atoms with Crippen LogP contribution in [0, 0.1) is 20.2 Å². The van der Waals surface area contributed by atoms with Gasteiger partial charge in [0.1, 0.15) is 0 Å². The van der Waals surface area contributed by atoms with E-state index in [0.29, 0.717) is 12.1 Å². The molecule has 2 heterocycles. The van der Waals surface area contributed by atoms with E-state index in [-0.39, 0.29) is 40.4 Å². The van der Waals surface area contributed by atoms with Gasteiger partial charge in [0.2, 0.25) is 0 Å². The van der Waals surface area contributed by atoms with Crippen LogP contribution in [0.5, 0.6) is 0 Å². The van der Waals surface area contributed by atoms with Crippen LogP contribution in [0.2, 0.25) is 0 Å². The highest BCUT2D eigenvalue weighted by atomic mass is 19.4. The highest BCUT2D eigenvalue weighted by Gasteiger charge is 2.63. The molecular formula is C35H29F3N4O7. The Kier molecular flexibility index (Phi) is 9.80. The fraction of sp³-hybridized carbons (Fsp3) is 0.171. The number of alkyl halides is 3. The number of hydrogen-bond acceptors (Lipinski definition) is 7. The molecule has 0 spiro atoms. The minimum absolute atomic E-state index is 0.0648. The second-order valence-corrected chi connectivity index (χ2v) is 11.0. The molecule has 14 heteroatoms. The van der Waals surface area contributed by atoms with E-state index in [9.17, 15) is 43.3 Å². The van der Waals surface area contributed by atoms with E-state index in [1.807, 2.05) is 47.2 Å². The Labute approximate surface area is 276 Å². The standard InChI is InChI=1S/C20H17F3N2O5.C15H12N2O2/c1-2-30-18(26)19(27,20(21,22)23)16-12-24(11-13-6-4-3-5-7-13)17-10-14(25(28)29)8-9-15(16)17;18-17(19)14-7-6-13-8-9-16(15(13)10-14)11-12-4-2-1-3-5-12/h3-10,12,27H,2,11H2,1H3;1-10H,11H2. The predicted molar refractivity (Wildman–Crippen MR) is 175 cm³/mol. The van der Waals surface area contributed by atoms with Gasteiger partial charge in [0.25, 0.3) is 17.0 Å². The maximum absolute atomic E-state index is 13.9. The predicted octanol–water partition coefficient (Wildman–Crippen LogP) is 7.51. The number of carbonyl (C=O) groups excluding carboxylic acids is 1. The maximum atomic E-state index is 13.9. The lowest BCUT2D eigenvalue weighted by atomic mass is 9.92. The number of ether oxygens (including phenoxy) is 1. The van der Waals surface area contributed by atoms with E-state index < -0.39 is 28.2 Å². The van der Waals surface area contributed by atoms with Gasteiger partial charge >= 0.3 is 12.1 Å². The summed E-state index contributed by atoms with van der Waals surface area (Å²) in [5, 5.41) is 33.4. The lowest BCUT2D eigenvalue weighted by molar-refractivity contribution is -0.384. The first-order valence-corrected chi connectivity index (χ1v) is 14.9. The molecule has 4 aromatic carbocycles. The number of hydrogen-bond donors (Lipinski definition) is 1. The summed E-state index contributed by atoms with van der Waals surface area (Å²) in [5.74, 6) is -1.87. The quantitative estimate of drug-likeness (QED) is 0.0950. The first-order chi connectivity index (χ1) is 23.3. The van der Waals surface area contributed by atoms with Crippen molar-refractivity contribution in [1.82, 2.24) is 9.13 Å². The molecule has 1 atom stereocenters. The Morgan fingerprint density at radius 1 is 0.776 bits per heavy atom. The van der Waals surface area contributed by atoms with Crippen LogP contribution < -0.4 is 0 Å². The zero-order chi connectivity index (χ0) is 35.3. The van der Waals surface area contributed by atoms with Gasteiger partial charge in [-0.1, -0.05) is 60.7 Å². The van der Waals surface area contributed by atoms with Crippen molar-refractivity contribution in [3.8, 4) is 0 Å². The number of halogens is 3. The summed E-state index contributed by atoms with van der Waals surface area (Å²) in [6.45, 7) is 1.73. The monoisotopic (exact) mass is 674 g/mol. The molecule has 252 valence electrons. The number of aromatic nitrogens is 2. The SMILES string of the molecule is CCOC(=O)C(O)(c1cn(Cc2ccccc2)c2cc([N+](=O)[O-])ccc12)C(F)(F)F.O=[N+]([O-])c1ccc2ccn(Cc3ccccc3)c2c1. The van der Waals surface area contributed by atoms with Gasteiger partial charge in [0.15, 0.2) is 0 Å². The molecule has 11 nitrogen and oxygen atoms in total. The molecule has 1 N–H and O–H groups in total. The van der Waals surface area contributed by atoms with E-state index in [1.54, 1.807) is 42.5 Å². The van der Waals surface area contributed by atoms with Crippen LogP contribution in [0.3, 0.4) is 0 Å². The minimum atomic E-state index is -5.38. The summed E-state index contributed by atoms with van der Waals surface area (Å²) in [4.78, 5) is 33.1. The van der Waals surface area contributed by atoms with Gasteiger partial charge in [-0.2, -0.15) is 13.2 Å². The molecule has 0 aliphatic heterocycles. The highest BCUT2D eigenvalue weighted by molar-refractivity contribution is 5.93. The van der Waals surface area contributed by atoms with Crippen LogP contribution in [0.4, 0.5) is 24.5 Å². The van der Waals surface area contributed by atoms with Crippen LogP contribution in [0.15, 0.2) is 116 Å². The molecule has 1 unspecified atom stereocenters. The number of aliphatic hydroxyl groups is 1. The number of nitro benzene ring substituents is 2. The second kappa shape index (κ2) is 14.0. The summed E-state index contributed by atoms with van der Waals surface area (Å²) in [6, 6.07) is 28.8. The fourth-order valence-electron chi connectivity index (χ4n) is 5.41. The number of nitro groups is 2. The smallest absolute Gasteiger partial charge is 0.432 e. The summed E-state index contributed by atoms with van der Waals surface area (Å²) in [6.07, 6.45) is -2.44. The van der Waals surface area contributed by atoms with E-state index >= 15 is 0 Å². The zero-order valence-corrected chi connectivity index (χ0v) is 25.9. The van der Waals surface area contributed by atoms with Crippen LogP contribution in [0.25, 0.3) is 21.8 Å². The average Bonchev–Trinajstić information content (AvgIpc) is 3.65. The first kappa shape index (κ1) is 34.3. The molecule has 0 fully saturated rings. The molecule has 0 aliphatic rings. The summed E-state index contributed by atoms with van der Waals surface area (Å²) < 4.78 is 49.4. The van der Waals surface area contributed by atoms with Crippen molar-refractivity contribution in [2.24, 2.45) is 0 Å². The molecule has 0 aliphatic carbocycles. The van der Waals surface area contributed by atoms with Gasteiger partial charge in [-0.05, 0) is 36.2 Å². The molecule has 2 aromatic heterocycles. The molecular weight excluding hydrogens is 645 g/mol. The second-order valence-electron chi connectivity index (χ2n) is 11.0. The van der Waals surface area contributed by atoms with Crippen LogP contribution >= 0.6 is 0 Å². The van der Waals surface area contributed by atoms with Gasteiger partial charge in [-0.25, -0.2) is 4.79 Å². The van der Waals surface area contributed by atoms with Gasteiger partial charge in [0.05, 0.1) is 27.5 Å². The van der Waals surface area contributed by atoms with E-state index in [1.165, 1.54) is 23.1 Å². The molecule has 0 bridgehead atoms. The molecule has 6 aromatic rings. The van der Waals surface area contributed by atoms with Crippen molar-refractivity contribution in [2.45, 2.75) is 31.8 Å². The Morgan fingerprint density at radius 3 is 1.84 bits per heavy atom. The van der Waals surface area contributed by atoms with Crippen molar-refractivity contribution < 1.29 is 37.7 Å². The molecule has 0 amide bonds. The largest absolute Gasteiger partial charge is 0.463 e. The van der Waals surface area contributed by atoms with Crippen molar-refractivity contribution in [2.75, 3.05) is 6.61 Å². The van der Waals surface area contributed by atoms with Crippen LogP contribution in [0.1, 0.15) is 23.6 Å². The highest BCUT2D eigenvalue weighted by Crippen LogP contribution is 2.44. The number of esters is 1. The topological polar surface area (TPSA) is 143 Å². The lowest BCUT2D eigenvalue weighted by Crippen LogP contribution is -2.50. The molecule has 0 saturated heterocycles. The van der Waals surface area contributed by atoms with Crippen molar-refractivity contribution >= 4 is 39.1 Å². The maximum Gasteiger partial charge on any atom is 0.432 e. The van der Waals surface area contributed by atoms with E-state index in [2.05, 4.69) is 4.74 Å².